The Morgan fingerprint density at radius 1 is 1.25 bits per heavy atom. The normalized spacial score (nSPS) is 22.8. The minimum absolute atomic E-state index is 0.253. The summed E-state index contributed by atoms with van der Waals surface area (Å²) in [7, 11) is 0. The molecule has 0 aromatic heterocycles. The first-order valence-corrected chi connectivity index (χ1v) is 4.89. The molecule has 1 aliphatic carbocycles. The molecule has 0 spiro atoms. The van der Waals surface area contributed by atoms with Crippen LogP contribution in [0.4, 0.5) is 0 Å². The van der Waals surface area contributed by atoms with Crippen molar-refractivity contribution in [3.05, 3.63) is 24.8 Å². The fourth-order valence-corrected chi connectivity index (χ4v) is 1.88. The summed E-state index contributed by atoms with van der Waals surface area (Å²) in [6.45, 7) is 3.64. The van der Waals surface area contributed by atoms with Gasteiger partial charge in [0.05, 0.1) is 0 Å². The summed E-state index contributed by atoms with van der Waals surface area (Å²) in [4.78, 5) is 0. The zero-order valence-corrected chi connectivity index (χ0v) is 7.71. The predicted octanol–water partition coefficient (Wildman–Crippen LogP) is 2.64. The molecule has 1 heteroatoms. The van der Waals surface area contributed by atoms with E-state index in [0.717, 1.165) is 5.92 Å². The summed E-state index contributed by atoms with van der Waals surface area (Å²) in [6, 6.07) is 0.253. The van der Waals surface area contributed by atoms with Crippen LogP contribution >= 0.6 is 0 Å². The van der Waals surface area contributed by atoms with E-state index >= 15 is 0 Å². The first-order chi connectivity index (χ1) is 5.84. The molecule has 0 bridgehead atoms. The van der Waals surface area contributed by atoms with E-state index in [9.17, 15) is 0 Å². The van der Waals surface area contributed by atoms with Gasteiger partial charge in [-0.3, -0.25) is 0 Å². The highest BCUT2D eigenvalue weighted by atomic mass is 14.6. The summed E-state index contributed by atoms with van der Waals surface area (Å²) < 4.78 is 0. The smallest absolute Gasteiger partial charge is 0.0255 e. The van der Waals surface area contributed by atoms with Crippen molar-refractivity contribution in [2.75, 3.05) is 0 Å². The monoisotopic (exact) mass is 165 g/mol. The molecule has 0 aromatic rings. The van der Waals surface area contributed by atoms with Gasteiger partial charge in [0.2, 0.25) is 0 Å². The van der Waals surface area contributed by atoms with Crippen LogP contribution in [-0.2, 0) is 0 Å². The second-order valence-corrected chi connectivity index (χ2v) is 3.60. The van der Waals surface area contributed by atoms with E-state index in [0.29, 0.717) is 0 Å². The second-order valence-electron chi connectivity index (χ2n) is 3.60. The molecule has 0 radical (unpaired) electrons. The lowest BCUT2D eigenvalue weighted by Crippen LogP contribution is -2.29. The Labute approximate surface area is 75.3 Å². The molecule has 0 aliphatic heterocycles. The SMILES string of the molecule is C=C/C=C\C(N)C1CCCCC1. The minimum Gasteiger partial charge on any atom is -0.324 e. The number of hydrogen-bond acceptors (Lipinski definition) is 1. The van der Waals surface area contributed by atoms with Crippen molar-refractivity contribution in [3.63, 3.8) is 0 Å². The van der Waals surface area contributed by atoms with Crippen LogP contribution in [0, 0.1) is 5.92 Å². The highest BCUT2D eigenvalue weighted by Gasteiger charge is 2.17. The molecule has 1 saturated carbocycles. The third-order valence-electron chi connectivity index (χ3n) is 2.66. The van der Waals surface area contributed by atoms with Gasteiger partial charge in [-0.15, -0.1) is 0 Å². The van der Waals surface area contributed by atoms with Crippen molar-refractivity contribution in [1.29, 1.82) is 0 Å². The Hall–Kier alpha value is -0.560. The van der Waals surface area contributed by atoms with Crippen LogP contribution in [0.2, 0.25) is 0 Å². The molecule has 1 aliphatic rings. The van der Waals surface area contributed by atoms with Gasteiger partial charge in [0, 0.05) is 6.04 Å². The Morgan fingerprint density at radius 2 is 1.92 bits per heavy atom. The molecule has 1 atom stereocenters. The van der Waals surface area contributed by atoms with E-state index in [-0.39, 0.29) is 6.04 Å². The highest BCUT2D eigenvalue weighted by molar-refractivity contribution is 5.03. The molecule has 2 N–H and O–H groups in total. The van der Waals surface area contributed by atoms with Crippen molar-refractivity contribution in [3.8, 4) is 0 Å². The fourth-order valence-electron chi connectivity index (χ4n) is 1.88. The van der Waals surface area contributed by atoms with Gasteiger partial charge >= 0.3 is 0 Å². The molecular weight excluding hydrogens is 146 g/mol. The van der Waals surface area contributed by atoms with E-state index in [1.165, 1.54) is 32.1 Å². The van der Waals surface area contributed by atoms with E-state index in [2.05, 4.69) is 12.7 Å². The summed E-state index contributed by atoms with van der Waals surface area (Å²) in [5.74, 6) is 0.718. The van der Waals surface area contributed by atoms with Crippen LogP contribution in [0.25, 0.3) is 0 Å². The lowest BCUT2D eigenvalue weighted by molar-refractivity contribution is 0.332. The van der Waals surface area contributed by atoms with Gasteiger partial charge in [-0.25, -0.2) is 0 Å². The Kier molecular flexibility index (Phi) is 4.09. The van der Waals surface area contributed by atoms with Gasteiger partial charge in [-0.05, 0) is 18.8 Å². The molecular formula is C11H19N. The van der Waals surface area contributed by atoms with Crippen LogP contribution in [-0.4, -0.2) is 6.04 Å². The van der Waals surface area contributed by atoms with Gasteiger partial charge in [0.1, 0.15) is 0 Å². The predicted molar refractivity (Wildman–Crippen MR) is 53.9 cm³/mol. The van der Waals surface area contributed by atoms with Crippen molar-refractivity contribution in [2.24, 2.45) is 11.7 Å². The lowest BCUT2D eigenvalue weighted by atomic mass is 9.84. The van der Waals surface area contributed by atoms with Crippen LogP contribution in [0.3, 0.4) is 0 Å². The van der Waals surface area contributed by atoms with Gasteiger partial charge in [-0.2, -0.15) is 0 Å². The van der Waals surface area contributed by atoms with Gasteiger partial charge in [-0.1, -0.05) is 44.1 Å². The largest absolute Gasteiger partial charge is 0.324 e. The first-order valence-electron chi connectivity index (χ1n) is 4.89. The Bertz CT molecular complexity index is 154. The van der Waals surface area contributed by atoms with E-state index in [1.54, 1.807) is 6.08 Å². The van der Waals surface area contributed by atoms with Gasteiger partial charge in [0.25, 0.3) is 0 Å². The molecule has 1 nitrogen and oxygen atoms in total. The molecule has 1 rings (SSSR count). The fraction of sp³-hybridized carbons (Fsp3) is 0.636. The number of rotatable bonds is 3. The summed E-state index contributed by atoms with van der Waals surface area (Å²) >= 11 is 0. The first kappa shape index (κ1) is 9.53. The van der Waals surface area contributed by atoms with E-state index < -0.39 is 0 Å². The maximum atomic E-state index is 6.00. The molecule has 68 valence electrons. The summed E-state index contributed by atoms with van der Waals surface area (Å²) in [6.07, 6.45) is 12.6. The molecule has 0 amide bonds. The molecule has 12 heavy (non-hydrogen) atoms. The van der Waals surface area contributed by atoms with Crippen molar-refractivity contribution >= 4 is 0 Å². The average molecular weight is 165 g/mol. The standard InChI is InChI=1S/C11H19N/c1-2-3-9-11(12)10-7-5-4-6-8-10/h2-3,9-11H,1,4-8,12H2/b9-3-. The van der Waals surface area contributed by atoms with Crippen LogP contribution in [0.5, 0.6) is 0 Å². The molecule has 1 fully saturated rings. The minimum atomic E-state index is 0.253. The van der Waals surface area contributed by atoms with Crippen molar-refractivity contribution < 1.29 is 0 Å². The molecule has 0 aromatic carbocycles. The second kappa shape index (κ2) is 5.15. The lowest BCUT2D eigenvalue weighted by Gasteiger charge is -2.25. The topological polar surface area (TPSA) is 26.0 Å². The van der Waals surface area contributed by atoms with Crippen LogP contribution < -0.4 is 5.73 Å². The highest BCUT2D eigenvalue weighted by Crippen LogP contribution is 2.25. The summed E-state index contributed by atoms with van der Waals surface area (Å²) in [5, 5.41) is 0. The zero-order valence-electron chi connectivity index (χ0n) is 7.71. The van der Waals surface area contributed by atoms with E-state index in [4.69, 9.17) is 5.73 Å². The summed E-state index contributed by atoms with van der Waals surface area (Å²) in [5.41, 5.74) is 6.00. The Morgan fingerprint density at radius 3 is 2.50 bits per heavy atom. The maximum Gasteiger partial charge on any atom is 0.0255 e. The van der Waals surface area contributed by atoms with E-state index in [1.807, 2.05) is 6.08 Å². The van der Waals surface area contributed by atoms with Crippen molar-refractivity contribution in [2.45, 2.75) is 38.1 Å². The van der Waals surface area contributed by atoms with Crippen LogP contribution in [0.1, 0.15) is 32.1 Å². The molecule has 1 unspecified atom stereocenters. The third kappa shape index (κ3) is 2.82. The maximum absolute atomic E-state index is 6.00. The number of hydrogen-bond donors (Lipinski definition) is 1. The number of allylic oxidation sites excluding steroid dienone is 2. The molecule has 0 heterocycles. The molecule has 0 saturated heterocycles. The van der Waals surface area contributed by atoms with Crippen molar-refractivity contribution in [1.82, 2.24) is 0 Å². The Balaban J connectivity index is 2.33. The van der Waals surface area contributed by atoms with Crippen LogP contribution in [0.15, 0.2) is 24.8 Å². The third-order valence-corrected chi connectivity index (χ3v) is 2.66. The van der Waals surface area contributed by atoms with Gasteiger partial charge in [0.15, 0.2) is 0 Å². The average Bonchev–Trinajstić information content (AvgIpc) is 2.15. The van der Waals surface area contributed by atoms with Gasteiger partial charge < -0.3 is 5.73 Å². The number of nitrogens with two attached hydrogens (primary N) is 1. The zero-order chi connectivity index (χ0) is 8.81. The quantitative estimate of drug-likeness (QED) is 0.639.